The molecule has 2 N–H and O–H groups in total. The summed E-state index contributed by atoms with van der Waals surface area (Å²) in [7, 11) is -7.96. The van der Waals surface area contributed by atoms with E-state index in [1.165, 1.54) is 13.0 Å². The second-order valence-corrected chi connectivity index (χ2v) is 18.5. The van der Waals surface area contributed by atoms with E-state index < -0.39 is 53.6 Å². The number of ether oxygens (including phenoxy) is 1. The van der Waals surface area contributed by atoms with E-state index in [2.05, 4.69) is 23.9 Å². The van der Waals surface area contributed by atoms with E-state index >= 15 is 0 Å². The van der Waals surface area contributed by atoms with E-state index in [9.17, 15) is 26.4 Å². The third kappa shape index (κ3) is 7.54. The number of sulfonamides is 1. The minimum Gasteiger partial charge on any atom is -0.357 e. The number of thiophene rings is 1. The fourth-order valence-electron chi connectivity index (χ4n) is 5.83. The average molecular weight is 649 g/mol. The fourth-order valence-corrected chi connectivity index (χ4v) is 11.3. The third-order valence-electron chi connectivity index (χ3n) is 8.89. The van der Waals surface area contributed by atoms with E-state index in [1.807, 2.05) is 27.7 Å². The van der Waals surface area contributed by atoms with Crippen molar-refractivity contribution in [1.29, 1.82) is 0 Å². The number of sulfone groups is 1. The fraction of sp³-hybridized carbons (Fsp3) is 0.800. The summed E-state index contributed by atoms with van der Waals surface area (Å²) in [5.41, 5.74) is -3.02. The molecule has 6 atom stereocenters. The van der Waals surface area contributed by atoms with Gasteiger partial charge in [0.05, 0.1) is 10.8 Å². The van der Waals surface area contributed by atoms with Crippen molar-refractivity contribution in [2.24, 2.45) is 11.3 Å². The van der Waals surface area contributed by atoms with Gasteiger partial charge in [-0.2, -0.15) is 4.72 Å². The zero-order valence-corrected chi connectivity index (χ0v) is 29.7. The number of fused-ring (bicyclic) bond motifs is 1. The van der Waals surface area contributed by atoms with Gasteiger partial charge in [-0.15, -0.1) is 11.3 Å². The van der Waals surface area contributed by atoms with Crippen LogP contribution in [0.15, 0.2) is 14.5 Å². The van der Waals surface area contributed by atoms with Crippen LogP contribution in [0, 0.1) is 11.3 Å². The van der Waals surface area contributed by atoms with Gasteiger partial charge in [0.15, 0.2) is 21.4 Å². The number of rotatable bonds is 16. The third-order valence-corrected chi connectivity index (χ3v) is 14.9. The van der Waals surface area contributed by atoms with Gasteiger partial charge in [-0.3, -0.25) is 9.59 Å². The molecule has 0 saturated heterocycles. The molecule has 0 aliphatic carbocycles. The Morgan fingerprint density at radius 2 is 1.69 bits per heavy atom. The Morgan fingerprint density at radius 3 is 2.19 bits per heavy atom. The first-order valence-electron chi connectivity index (χ1n) is 15.1. The molecule has 12 heteroatoms. The maximum Gasteiger partial charge on any atom is 0.251 e. The van der Waals surface area contributed by atoms with Crippen LogP contribution in [-0.2, 0) is 34.2 Å². The second kappa shape index (κ2) is 13.4. The second-order valence-electron chi connectivity index (χ2n) is 12.9. The predicted octanol–water partition coefficient (Wildman–Crippen LogP) is 5.59. The lowest BCUT2D eigenvalue weighted by Crippen LogP contribution is -2.57. The summed E-state index contributed by atoms with van der Waals surface area (Å²) in [5.74, 6) is -0.254. The van der Waals surface area contributed by atoms with Crippen molar-refractivity contribution in [2.75, 3.05) is 6.54 Å². The van der Waals surface area contributed by atoms with E-state index in [4.69, 9.17) is 4.74 Å². The molecular weight excluding hydrogens is 597 g/mol. The van der Waals surface area contributed by atoms with Gasteiger partial charge >= 0.3 is 0 Å². The van der Waals surface area contributed by atoms with Crippen LogP contribution >= 0.6 is 11.3 Å². The number of hydrogen-bond donors (Lipinski definition) is 2. The molecule has 0 spiro atoms. The molecule has 0 fully saturated rings. The van der Waals surface area contributed by atoms with Crippen LogP contribution in [0.3, 0.4) is 0 Å². The lowest BCUT2D eigenvalue weighted by atomic mass is 9.72. The summed E-state index contributed by atoms with van der Waals surface area (Å²) in [5, 5.41) is 2.60. The molecule has 242 valence electrons. The van der Waals surface area contributed by atoms with Crippen LogP contribution in [0.4, 0.5) is 0 Å². The monoisotopic (exact) mass is 648 g/mol. The SMILES string of the molecule is CCN[C@H]1C[C@H](C)S(=O)(=O)c2sc(S(=O)(=O)NC(C)(CC)C(=O)[C@H](C)OC(C)(CC)C(=O)C(C)(C)CC(C)CC)cc21. The highest BCUT2D eigenvalue weighted by Gasteiger charge is 2.47. The number of nitrogens with one attached hydrogen (secondary N) is 2. The van der Waals surface area contributed by atoms with Gasteiger partial charge in [0, 0.05) is 17.0 Å². The quantitative estimate of drug-likeness (QED) is 0.237. The van der Waals surface area contributed by atoms with E-state index in [1.54, 1.807) is 27.7 Å². The molecule has 1 aromatic heterocycles. The molecule has 1 aliphatic rings. The number of ketones is 2. The Balaban J connectivity index is 2.38. The van der Waals surface area contributed by atoms with Gasteiger partial charge in [-0.05, 0) is 71.9 Å². The van der Waals surface area contributed by atoms with Gasteiger partial charge in [0.25, 0.3) is 10.0 Å². The molecule has 0 bridgehead atoms. The minimum atomic E-state index is -4.28. The van der Waals surface area contributed by atoms with E-state index in [-0.39, 0.29) is 26.7 Å². The largest absolute Gasteiger partial charge is 0.357 e. The van der Waals surface area contributed by atoms with Crippen LogP contribution in [0.1, 0.15) is 120 Å². The first-order valence-corrected chi connectivity index (χ1v) is 18.9. The van der Waals surface area contributed by atoms with Crippen LogP contribution in [0.2, 0.25) is 0 Å². The van der Waals surface area contributed by atoms with Gasteiger partial charge in [0.1, 0.15) is 20.1 Å². The zero-order valence-electron chi connectivity index (χ0n) is 27.2. The van der Waals surface area contributed by atoms with E-state index in [0.29, 0.717) is 48.6 Å². The van der Waals surface area contributed by atoms with Crippen molar-refractivity contribution >= 4 is 42.8 Å². The molecule has 0 saturated carbocycles. The van der Waals surface area contributed by atoms with Gasteiger partial charge in [-0.1, -0.05) is 54.9 Å². The van der Waals surface area contributed by atoms with Crippen LogP contribution in [0.5, 0.6) is 0 Å². The molecule has 0 amide bonds. The van der Waals surface area contributed by atoms with Crippen LogP contribution in [0.25, 0.3) is 0 Å². The maximum atomic E-state index is 13.8. The van der Waals surface area contributed by atoms with Crippen LogP contribution < -0.4 is 10.0 Å². The molecule has 0 aromatic carbocycles. The van der Waals surface area contributed by atoms with Crippen LogP contribution in [-0.4, -0.2) is 57.4 Å². The normalized spacial score (nSPS) is 23.3. The van der Waals surface area contributed by atoms with Gasteiger partial charge in [0.2, 0.25) is 0 Å². The summed E-state index contributed by atoms with van der Waals surface area (Å²) in [4.78, 5) is 27.5. The molecule has 1 aliphatic heterocycles. The lowest BCUT2D eigenvalue weighted by Gasteiger charge is -2.39. The molecule has 3 unspecified atom stereocenters. The molecule has 0 radical (unpaired) electrons. The van der Waals surface area contributed by atoms with Crippen molar-refractivity contribution in [3.63, 3.8) is 0 Å². The Kier molecular flexibility index (Phi) is 11.8. The smallest absolute Gasteiger partial charge is 0.251 e. The van der Waals surface area contributed by atoms with Crippen molar-refractivity contribution in [3.05, 3.63) is 11.6 Å². The highest BCUT2D eigenvalue weighted by atomic mass is 32.3. The topological polar surface area (TPSA) is 136 Å². The first-order chi connectivity index (χ1) is 19.2. The van der Waals surface area contributed by atoms with Gasteiger partial charge in [-0.25, -0.2) is 16.8 Å². The molecule has 42 heavy (non-hydrogen) atoms. The molecule has 9 nitrogen and oxygen atoms in total. The highest BCUT2D eigenvalue weighted by molar-refractivity contribution is 7.95. The van der Waals surface area contributed by atoms with Gasteiger partial charge < -0.3 is 10.1 Å². The number of carbonyl (C=O) groups excluding carboxylic acids is 2. The molecule has 2 rings (SSSR count). The maximum absolute atomic E-state index is 13.8. The number of hydrogen-bond acceptors (Lipinski definition) is 9. The van der Waals surface area contributed by atoms with Crippen molar-refractivity contribution in [2.45, 2.75) is 145 Å². The predicted molar refractivity (Wildman–Crippen MR) is 168 cm³/mol. The summed E-state index contributed by atoms with van der Waals surface area (Å²) in [6.45, 7) is 20.4. The minimum absolute atomic E-state index is 0.0473. The zero-order chi connectivity index (χ0) is 32.5. The summed E-state index contributed by atoms with van der Waals surface area (Å²) in [6.07, 6.45) is 1.36. The molecular formula is C30H52N2O7S3. The summed E-state index contributed by atoms with van der Waals surface area (Å²) in [6, 6.07) is 1.12. The average Bonchev–Trinajstić information content (AvgIpc) is 3.38. The summed E-state index contributed by atoms with van der Waals surface area (Å²) >= 11 is 0.715. The Hall–Kier alpha value is -1.18. The van der Waals surface area contributed by atoms with Crippen molar-refractivity contribution < 1.29 is 31.2 Å². The molecule has 2 heterocycles. The first kappa shape index (κ1) is 37.0. The summed E-state index contributed by atoms with van der Waals surface area (Å²) < 4.78 is 62.1. The number of Topliss-reactive ketones (excluding diaryl/α,β-unsaturated/α-hetero) is 2. The number of carbonyl (C=O) groups is 2. The lowest BCUT2D eigenvalue weighted by molar-refractivity contribution is -0.166. The van der Waals surface area contributed by atoms with E-state index in [0.717, 1.165) is 6.42 Å². The molecule has 1 aromatic rings. The highest BCUT2D eigenvalue weighted by Crippen LogP contribution is 2.43. The standard InChI is InChI=1S/C30H52N2O7S3/c1-12-19(5)18-28(8,9)27(34)30(11,14-3)39-21(7)25(33)29(10,13-2)32-42(37,38)24-17-22-23(31-15-4)16-20(6)41(35,36)26(22)40-24/h17,19-21,23,31-32H,12-16,18H2,1-11H3/t19?,20-,21-,23-,29?,30?/m0/s1. The Morgan fingerprint density at radius 1 is 1.10 bits per heavy atom. The Bertz CT molecular complexity index is 1350. The Labute approximate surface area is 257 Å². The van der Waals surface area contributed by atoms with Crippen molar-refractivity contribution in [3.8, 4) is 0 Å². The van der Waals surface area contributed by atoms with Crippen molar-refractivity contribution in [1.82, 2.24) is 10.0 Å².